The van der Waals surface area contributed by atoms with Crippen molar-refractivity contribution in [1.29, 1.82) is 0 Å². The number of halogens is 2. The fraction of sp³-hybridized carbons (Fsp3) is 0.294. The Morgan fingerprint density at radius 2 is 1.86 bits per heavy atom. The van der Waals surface area contributed by atoms with Crippen molar-refractivity contribution in [3.63, 3.8) is 0 Å². The molecule has 0 aromatic heterocycles. The Hall–Kier alpha value is -0.870. The van der Waals surface area contributed by atoms with E-state index < -0.39 is 0 Å². The van der Waals surface area contributed by atoms with Crippen LogP contribution in [0.4, 0.5) is 0 Å². The molecule has 2 aromatic carbocycles. The van der Waals surface area contributed by atoms with Gasteiger partial charge in [0, 0.05) is 21.6 Å². The van der Waals surface area contributed by atoms with E-state index in [-0.39, 0.29) is 6.10 Å². The number of ether oxygens (including phenoxy) is 1. The zero-order chi connectivity index (χ0) is 15.1. The van der Waals surface area contributed by atoms with E-state index in [1.165, 1.54) is 0 Å². The average molecular weight is 369 g/mol. The summed E-state index contributed by atoms with van der Waals surface area (Å²) in [6.45, 7) is 4.30. The lowest BCUT2D eigenvalue weighted by Gasteiger charge is -2.20. The van der Waals surface area contributed by atoms with Gasteiger partial charge >= 0.3 is 0 Å². The first kappa shape index (κ1) is 16.5. The zero-order valence-electron chi connectivity index (χ0n) is 12.0. The van der Waals surface area contributed by atoms with Crippen molar-refractivity contribution in [2.75, 3.05) is 13.1 Å². The summed E-state index contributed by atoms with van der Waals surface area (Å²) < 4.78 is 7.15. The smallest absolute Gasteiger partial charge is 0.0968 e. The van der Waals surface area contributed by atoms with E-state index in [1.807, 2.05) is 36.4 Å². The van der Waals surface area contributed by atoms with Gasteiger partial charge in [-0.25, -0.2) is 0 Å². The lowest BCUT2D eigenvalue weighted by Crippen LogP contribution is -2.23. The number of hydrogen-bond donors (Lipinski definition) is 1. The van der Waals surface area contributed by atoms with Gasteiger partial charge in [-0.05, 0) is 30.3 Å². The summed E-state index contributed by atoms with van der Waals surface area (Å²) in [5.74, 6) is 0. The molecule has 112 valence electrons. The van der Waals surface area contributed by atoms with Crippen LogP contribution in [0.2, 0.25) is 5.02 Å². The minimum Gasteiger partial charge on any atom is -0.367 e. The molecular weight excluding hydrogens is 350 g/mol. The second-order valence-electron chi connectivity index (χ2n) is 4.76. The molecule has 0 amide bonds. The lowest BCUT2D eigenvalue weighted by molar-refractivity contribution is 0.0402. The monoisotopic (exact) mass is 367 g/mol. The van der Waals surface area contributed by atoms with Crippen molar-refractivity contribution in [2.24, 2.45) is 0 Å². The summed E-state index contributed by atoms with van der Waals surface area (Å²) in [4.78, 5) is 0. The summed E-state index contributed by atoms with van der Waals surface area (Å²) in [6.07, 6.45) is -0.0534. The first-order valence-corrected chi connectivity index (χ1v) is 8.19. The first-order chi connectivity index (χ1) is 10.2. The highest BCUT2D eigenvalue weighted by atomic mass is 79.9. The van der Waals surface area contributed by atoms with Crippen molar-refractivity contribution in [3.05, 3.63) is 69.2 Å². The van der Waals surface area contributed by atoms with E-state index in [4.69, 9.17) is 16.3 Å². The van der Waals surface area contributed by atoms with Crippen molar-refractivity contribution < 1.29 is 4.74 Å². The van der Waals surface area contributed by atoms with Crippen LogP contribution < -0.4 is 5.32 Å². The van der Waals surface area contributed by atoms with Gasteiger partial charge in [-0.15, -0.1) is 0 Å². The molecule has 2 nitrogen and oxygen atoms in total. The fourth-order valence-electron chi connectivity index (χ4n) is 2.05. The van der Waals surface area contributed by atoms with Crippen LogP contribution in [0.3, 0.4) is 0 Å². The highest BCUT2D eigenvalue weighted by Gasteiger charge is 2.14. The van der Waals surface area contributed by atoms with Gasteiger partial charge in [-0.1, -0.05) is 64.8 Å². The number of benzene rings is 2. The van der Waals surface area contributed by atoms with Crippen molar-refractivity contribution in [3.8, 4) is 0 Å². The Bertz CT molecular complexity index is 559. The molecular formula is C17H19BrClNO. The molecule has 0 aliphatic rings. The number of likely N-dealkylation sites (N-methyl/N-ethyl adjacent to an activating group) is 1. The molecule has 0 radical (unpaired) electrons. The Balaban J connectivity index is 2.06. The molecule has 0 fully saturated rings. The van der Waals surface area contributed by atoms with Gasteiger partial charge in [-0.3, -0.25) is 0 Å². The quantitative estimate of drug-likeness (QED) is 0.745. The predicted octanol–water partition coefficient (Wildman–Crippen LogP) is 4.97. The summed E-state index contributed by atoms with van der Waals surface area (Å²) in [5, 5.41) is 4.07. The Morgan fingerprint density at radius 3 is 2.52 bits per heavy atom. The minimum atomic E-state index is -0.0534. The third kappa shape index (κ3) is 5.11. The van der Waals surface area contributed by atoms with E-state index >= 15 is 0 Å². The van der Waals surface area contributed by atoms with Crippen LogP contribution in [-0.2, 0) is 11.3 Å². The third-order valence-electron chi connectivity index (χ3n) is 3.20. The van der Waals surface area contributed by atoms with Crippen molar-refractivity contribution >= 4 is 27.5 Å². The summed E-state index contributed by atoms with van der Waals surface area (Å²) in [7, 11) is 0. The Morgan fingerprint density at radius 1 is 1.14 bits per heavy atom. The van der Waals surface area contributed by atoms with Crippen LogP contribution in [0, 0.1) is 0 Å². The zero-order valence-corrected chi connectivity index (χ0v) is 14.3. The molecule has 0 saturated heterocycles. The van der Waals surface area contributed by atoms with Gasteiger partial charge in [0.15, 0.2) is 0 Å². The highest BCUT2D eigenvalue weighted by Crippen LogP contribution is 2.26. The molecule has 1 unspecified atom stereocenters. The molecule has 21 heavy (non-hydrogen) atoms. The fourth-order valence-corrected chi connectivity index (χ4v) is 2.57. The van der Waals surface area contributed by atoms with Crippen LogP contribution in [-0.4, -0.2) is 13.1 Å². The molecule has 2 rings (SSSR count). The molecule has 1 N–H and O–H groups in total. The van der Waals surface area contributed by atoms with Gasteiger partial charge < -0.3 is 10.1 Å². The second-order valence-corrected chi connectivity index (χ2v) is 6.08. The molecule has 1 atom stereocenters. The highest BCUT2D eigenvalue weighted by molar-refractivity contribution is 9.10. The third-order valence-corrected chi connectivity index (χ3v) is 4.07. The summed E-state index contributed by atoms with van der Waals surface area (Å²) in [5.41, 5.74) is 2.17. The molecule has 0 aliphatic carbocycles. The Kier molecular flexibility index (Phi) is 6.71. The van der Waals surface area contributed by atoms with E-state index in [9.17, 15) is 0 Å². The van der Waals surface area contributed by atoms with E-state index in [1.54, 1.807) is 0 Å². The van der Waals surface area contributed by atoms with Crippen LogP contribution in [0.15, 0.2) is 53.0 Å². The lowest BCUT2D eigenvalue weighted by atomic mass is 10.1. The molecule has 0 saturated carbocycles. The van der Waals surface area contributed by atoms with Crippen molar-refractivity contribution in [1.82, 2.24) is 5.32 Å². The van der Waals surface area contributed by atoms with Crippen LogP contribution >= 0.6 is 27.5 Å². The predicted molar refractivity (Wildman–Crippen MR) is 91.7 cm³/mol. The second kappa shape index (κ2) is 8.54. The molecule has 4 heteroatoms. The standard InChI is InChI=1S/C17H19BrClNO/c1-2-20-11-17(15-5-3-4-6-16(15)19)21-12-13-7-9-14(18)10-8-13/h3-10,17,20H,2,11-12H2,1H3. The van der Waals surface area contributed by atoms with Gasteiger partial charge in [0.05, 0.1) is 12.7 Å². The normalized spacial score (nSPS) is 12.3. The van der Waals surface area contributed by atoms with Gasteiger partial charge in [0.25, 0.3) is 0 Å². The topological polar surface area (TPSA) is 21.3 Å². The van der Waals surface area contributed by atoms with Gasteiger partial charge in [-0.2, -0.15) is 0 Å². The average Bonchev–Trinajstić information content (AvgIpc) is 2.50. The maximum Gasteiger partial charge on any atom is 0.0968 e. The minimum absolute atomic E-state index is 0.0534. The van der Waals surface area contributed by atoms with E-state index in [0.717, 1.165) is 33.7 Å². The first-order valence-electron chi connectivity index (χ1n) is 7.02. The summed E-state index contributed by atoms with van der Waals surface area (Å²) >= 11 is 9.72. The van der Waals surface area contributed by atoms with Crippen LogP contribution in [0.1, 0.15) is 24.2 Å². The molecule has 0 bridgehead atoms. The number of rotatable bonds is 7. The number of nitrogens with one attached hydrogen (secondary N) is 1. The molecule has 0 aliphatic heterocycles. The van der Waals surface area contributed by atoms with Gasteiger partial charge in [0.1, 0.15) is 0 Å². The summed E-state index contributed by atoms with van der Waals surface area (Å²) in [6, 6.07) is 16.0. The van der Waals surface area contributed by atoms with Gasteiger partial charge in [0.2, 0.25) is 0 Å². The maximum absolute atomic E-state index is 6.29. The molecule has 0 spiro atoms. The Labute approximate surface area is 139 Å². The maximum atomic E-state index is 6.29. The largest absolute Gasteiger partial charge is 0.367 e. The molecule has 0 heterocycles. The van der Waals surface area contributed by atoms with Crippen LogP contribution in [0.25, 0.3) is 0 Å². The van der Waals surface area contributed by atoms with Crippen LogP contribution in [0.5, 0.6) is 0 Å². The van der Waals surface area contributed by atoms with E-state index in [2.05, 4.69) is 40.3 Å². The molecule has 2 aromatic rings. The van der Waals surface area contributed by atoms with E-state index in [0.29, 0.717) is 6.61 Å². The van der Waals surface area contributed by atoms with Crippen molar-refractivity contribution in [2.45, 2.75) is 19.6 Å². The number of hydrogen-bond acceptors (Lipinski definition) is 2. The SMILES string of the molecule is CCNCC(OCc1ccc(Br)cc1)c1ccccc1Cl.